The van der Waals surface area contributed by atoms with Gasteiger partial charge >= 0.3 is 0 Å². The summed E-state index contributed by atoms with van der Waals surface area (Å²) in [5, 5.41) is 19.7. The second-order valence-electron chi connectivity index (χ2n) is 5.10. The van der Waals surface area contributed by atoms with E-state index in [2.05, 4.69) is 0 Å². The van der Waals surface area contributed by atoms with Crippen LogP contribution in [0.15, 0.2) is 24.3 Å². The Kier molecular flexibility index (Phi) is 4.26. The van der Waals surface area contributed by atoms with Crippen molar-refractivity contribution in [1.29, 1.82) is 0 Å². The summed E-state index contributed by atoms with van der Waals surface area (Å²) in [5.74, 6) is 1.27. The van der Waals surface area contributed by atoms with Crippen LogP contribution in [0, 0.1) is 13.8 Å². The van der Waals surface area contributed by atoms with E-state index in [1.807, 2.05) is 38.1 Å². The minimum atomic E-state index is 0.167. The van der Waals surface area contributed by atoms with E-state index < -0.39 is 0 Å². The van der Waals surface area contributed by atoms with Gasteiger partial charge in [0.1, 0.15) is 0 Å². The van der Waals surface area contributed by atoms with Gasteiger partial charge in [0.25, 0.3) is 0 Å². The zero-order chi connectivity index (χ0) is 15.6. The Bertz CT molecular complexity index is 605. The van der Waals surface area contributed by atoms with Crippen molar-refractivity contribution >= 4 is 0 Å². The number of ether oxygens (including phenoxy) is 2. The predicted molar refractivity (Wildman–Crippen MR) is 81.6 cm³/mol. The Labute approximate surface area is 124 Å². The SMILES string of the molecule is COc1cc(Cc2cc(C)c(O)c(OC)c2)cc(C)c1O. The monoisotopic (exact) mass is 288 g/mol. The van der Waals surface area contributed by atoms with E-state index in [9.17, 15) is 10.2 Å². The van der Waals surface area contributed by atoms with Gasteiger partial charge in [-0.25, -0.2) is 0 Å². The molecule has 2 aromatic rings. The van der Waals surface area contributed by atoms with Crippen LogP contribution >= 0.6 is 0 Å². The van der Waals surface area contributed by atoms with Crippen LogP contribution in [0.1, 0.15) is 22.3 Å². The lowest BCUT2D eigenvalue weighted by Crippen LogP contribution is -1.95. The molecule has 4 heteroatoms. The van der Waals surface area contributed by atoms with Crippen molar-refractivity contribution in [3.63, 3.8) is 0 Å². The summed E-state index contributed by atoms with van der Waals surface area (Å²) in [6, 6.07) is 7.48. The lowest BCUT2D eigenvalue weighted by Gasteiger charge is -2.12. The molecule has 0 saturated carbocycles. The molecule has 112 valence electrons. The molecule has 2 aromatic carbocycles. The Morgan fingerprint density at radius 1 is 0.762 bits per heavy atom. The molecule has 0 spiro atoms. The molecule has 0 radical (unpaired) electrons. The molecule has 0 bridgehead atoms. The van der Waals surface area contributed by atoms with Gasteiger partial charge in [-0.1, -0.05) is 12.1 Å². The van der Waals surface area contributed by atoms with Gasteiger partial charge in [-0.3, -0.25) is 0 Å². The third-order valence-electron chi connectivity index (χ3n) is 3.50. The molecule has 2 N–H and O–H groups in total. The lowest BCUT2D eigenvalue weighted by atomic mass is 10.00. The largest absolute Gasteiger partial charge is 0.504 e. The van der Waals surface area contributed by atoms with E-state index >= 15 is 0 Å². The van der Waals surface area contributed by atoms with Crippen molar-refractivity contribution in [2.75, 3.05) is 14.2 Å². The van der Waals surface area contributed by atoms with Gasteiger partial charge in [-0.15, -0.1) is 0 Å². The first-order valence-electron chi connectivity index (χ1n) is 6.69. The Balaban J connectivity index is 2.38. The zero-order valence-corrected chi connectivity index (χ0v) is 12.7. The smallest absolute Gasteiger partial charge is 0.161 e. The molecule has 0 saturated heterocycles. The molecule has 0 heterocycles. The van der Waals surface area contributed by atoms with Crippen LogP contribution in [0.25, 0.3) is 0 Å². The standard InChI is InChI=1S/C17H20O4/c1-10-5-12(8-14(20-3)16(10)18)7-13-6-11(2)17(19)15(9-13)21-4/h5-6,8-9,18-19H,7H2,1-4H3. The highest BCUT2D eigenvalue weighted by molar-refractivity contribution is 5.51. The molecule has 21 heavy (non-hydrogen) atoms. The number of methoxy groups -OCH3 is 2. The molecule has 2 rings (SSSR count). The van der Waals surface area contributed by atoms with E-state index in [1.165, 1.54) is 14.2 Å². The predicted octanol–water partition coefficient (Wildman–Crippen LogP) is 3.32. The van der Waals surface area contributed by atoms with E-state index in [0.29, 0.717) is 17.9 Å². The van der Waals surface area contributed by atoms with Crippen LogP contribution in [-0.2, 0) is 6.42 Å². The van der Waals surface area contributed by atoms with Crippen LogP contribution < -0.4 is 9.47 Å². The summed E-state index contributed by atoms with van der Waals surface area (Å²) in [6.45, 7) is 3.67. The summed E-state index contributed by atoms with van der Waals surface area (Å²) in [7, 11) is 3.07. The Morgan fingerprint density at radius 3 is 1.48 bits per heavy atom. The number of benzene rings is 2. The zero-order valence-electron chi connectivity index (χ0n) is 12.7. The molecule has 0 aliphatic carbocycles. The first kappa shape index (κ1) is 15.0. The molecule has 0 fully saturated rings. The van der Waals surface area contributed by atoms with Crippen molar-refractivity contribution in [3.05, 3.63) is 46.5 Å². The lowest BCUT2D eigenvalue weighted by molar-refractivity contribution is 0.370. The van der Waals surface area contributed by atoms with Crippen LogP contribution in [0.4, 0.5) is 0 Å². The number of aryl methyl sites for hydroxylation is 2. The molecule has 0 unspecified atom stereocenters. The van der Waals surface area contributed by atoms with Gasteiger partial charge < -0.3 is 19.7 Å². The van der Waals surface area contributed by atoms with Gasteiger partial charge in [0.15, 0.2) is 23.0 Å². The van der Waals surface area contributed by atoms with Crippen molar-refractivity contribution in [2.45, 2.75) is 20.3 Å². The second-order valence-corrected chi connectivity index (χ2v) is 5.10. The van der Waals surface area contributed by atoms with Gasteiger partial charge in [0, 0.05) is 0 Å². The van der Waals surface area contributed by atoms with Crippen LogP contribution in [0.2, 0.25) is 0 Å². The van der Waals surface area contributed by atoms with E-state index in [-0.39, 0.29) is 11.5 Å². The van der Waals surface area contributed by atoms with E-state index in [4.69, 9.17) is 9.47 Å². The topological polar surface area (TPSA) is 58.9 Å². The minimum absolute atomic E-state index is 0.167. The van der Waals surface area contributed by atoms with Gasteiger partial charge in [-0.05, 0) is 54.7 Å². The highest BCUT2D eigenvalue weighted by Gasteiger charge is 2.11. The van der Waals surface area contributed by atoms with Crippen molar-refractivity contribution < 1.29 is 19.7 Å². The minimum Gasteiger partial charge on any atom is -0.504 e. The fourth-order valence-electron chi connectivity index (χ4n) is 2.39. The maximum absolute atomic E-state index is 9.87. The summed E-state index contributed by atoms with van der Waals surface area (Å²) < 4.78 is 10.4. The molecule has 4 nitrogen and oxygen atoms in total. The Morgan fingerprint density at radius 2 is 1.14 bits per heavy atom. The number of hydrogen-bond donors (Lipinski definition) is 2. The third kappa shape index (κ3) is 3.05. The van der Waals surface area contributed by atoms with Crippen LogP contribution in [0.3, 0.4) is 0 Å². The first-order chi connectivity index (χ1) is 9.96. The number of phenolic OH excluding ortho intramolecular Hbond substituents is 2. The first-order valence-corrected chi connectivity index (χ1v) is 6.69. The number of aromatic hydroxyl groups is 2. The quantitative estimate of drug-likeness (QED) is 0.906. The van der Waals surface area contributed by atoms with Gasteiger partial charge in [0.05, 0.1) is 14.2 Å². The molecule has 0 aliphatic rings. The van der Waals surface area contributed by atoms with Crippen molar-refractivity contribution in [1.82, 2.24) is 0 Å². The maximum Gasteiger partial charge on any atom is 0.161 e. The fraction of sp³-hybridized carbons (Fsp3) is 0.294. The van der Waals surface area contributed by atoms with Gasteiger partial charge in [-0.2, -0.15) is 0 Å². The maximum atomic E-state index is 9.87. The third-order valence-corrected chi connectivity index (χ3v) is 3.50. The van der Waals surface area contributed by atoms with E-state index in [1.54, 1.807) is 0 Å². The van der Waals surface area contributed by atoms with Crippen LogP contribution in [-0.4, -0.2) is 24.4 Å². The highest BCUT2D eigenvalue weighted by atomic mass is 16.5. The summed E-state index contributed by atoms with van der Waals surface area (Å²) in [4.78, 5) is 0. The average Bonchev–Trinajstić information content (AvgIpc) is 2.46. The summed E-state index contributed by atoms with van der Waals surface area (Å²) in [6.07, 6.45) is 0.662. The van der Waals surface area contributed by atoms with Crippen molar-refractivity contribution in [2.24, 2.45) is 0 Å². The fourth-order valence-corrected chi connectivity index (χ4v) is 2.39. The molecule has 0 aliphatic heterocycles. The summed E-state index contributed by atoms with van der Waals surface area (Å²) >= 11 is 0. The Hall–Kier alpha value is -2.36. The summed E-state index contributed by atoms with van der Waals surface area (Å²) in [5.41, 5.74) is 3.59. The average molecular weight is 288 g/mol. The van der Waals surface area contributed by atoms with Gasteiger partial charge in [0.2, 0.25) is 0 Å². The molecular formula is C17H20O4. The van der Waals surface area contributed by atoms with Crippen LogP contribution in [0.5, 0.6) is 23.0 Å². The number of rotatable bonds is 4. The molecule has 0 atom stereocenters. The highest BCUT2D eigenvalue weighted by Crippen LogP contribution is 2.34. The molecular weight excluding hydrogens is 268 g/mol. The normalized spacial score (nSPS) is 10.5. The second kappa shape index (κ2) is 5.95. The number of phenols is 2. The number of hydrogen-bond acceptors (Lipinski definition) is 4. The molecule has 0 aromatic heterocycles. The van der Waals surface area contributed by atoms with E-state index in [0.717, 1.165) is 22.3 Å². The van der Waals surface area contributed by atoms with Crippen molar-refractivity contribution in [3.8, 4) is 23.0 Å². The molecule has 0 amide bonds.